The lowest BCUT2D eigenvalue weighted by molar-refractivity contribution is -0.141. The highest BCUT2D eigenvalue weighted by Crippen LogP contribution is 2.35. The van der Waals surface area contributed by atoms with Gasteiger partial charge in [0.2, 0.25) is 17.7 Å². The van der Waals surface area contributed by atoms with E-state index < -0.39 is 35.7 Å². The Morgan fingerprint density at radius 3 is 2.62 bits per heavy atom. The molecular formula is C23H23F2N3O4. The second-order valence-electron chi connectivity index (χ2n) is 7.91. The zero-order valence-electron chi connectivity index (χ0n) is 17.4. The predicted octanol–water partition coefficient (Wildman–Crippen LogP) is 2.38. The molecule has 32 heavy (non-hydrogen) atoms. The van der Waals surface area contributed by atoms with Crippen LogP contribution in [-0.4, -0.2) is 41.8 Å². The number of rotatable bonds is 5. The molecule has 0 aliphatic carbocycles. The van der Waals surface area contributed by atoms with Gasteiger partial charge in [-0.1, -0.05) is 30.3 Å². The van der Waals surface area contributed by atoms with Gasteiger partial charge in [0, 0.05) is 25.6 Å². The zero-order chi connectivity index (χ0) is 22.8. The molecule has 0 spiro atoms. The van der Waals surface area contributed by atoms with Crippen LogP contribution in [0.4, 0.5) is 8.78 Å². The van der Waals surface area contributed by atoms with Crippen LogP contribution in [0.15, 0.2) is 42.5 Å². The molecule has 1 fully saturated rings. The number of likely N-dealkylation sites (tertiary alicyclic amines) is 1. The first kappa shape index (κ1) is 21.7. The number of carbonyl (C=O) groups excluding carboxylic acids is 3. The van der Waals surface area contributed by atoms with Gasteiger partial charge in [-0.05, 0) is 18.4 Å². The van der Waals surface area contributed by atoms with Crippen molar-refractivity contribution < 1.29 is 27.9 Å². The van der Waals surface area contributed by atoms with Gasteiger partial charge in [-0.3, -0.25) is 14.4 Å². The smallest absolute Gasteiger partial charge is 0.250 e. The highest BCUT2D eigenvalue weighted by atomic mass is 19.1. The Labute approximate surface area is 183 Å². The summed E-state index contributed by atoms with van der Waals surface area (Å²) in [5.74, 6) is -2.70. The number of fused-ring (bicyclic) bond motifs is 1. The van der Waals surface area contributed by atoms with E-state index in [9.17, 15) is 23.2 Å². The van der Waals surface area contributed by atoms with Crippen LogP contribution in [0, 0.1) is 11.6 Å². The molecule has 2 heterocycles. The van der Waals surface area contributed by atoms with E-state index in [1.807, 2.05) is 0 Å². The van der Waals surface area contributed by atoms with Crippen molar-refractivity contribution in [1.29, 1.82) is 0 Å². The lowest BCUT2D eigenvalue weighted by Crippen LogP contribution is -2.50. The Bertz CT molecular complexity index is 1050. The van der Waals surface area contributed by atoms with E-state index in [0.717, 1.165) is 12.1 Å². The number of hydrogen-bond donors (Lipinski definition) is 2. The van der Waals surface area contributed by atoms with Gasteiger partial charge in [0.05, 0.1) is 11.6 Å². The molecule has 3 atom stereocenters. The van der Waals surface area contributed by atoms with E-state index in [1.165, 1.54) is 11.8 Å². The van der Waals surface area contributed by atoms with Gasteiger partial charge in [0.15, 0.2) is 0 Å². The maximum Gasteiger partial charge on any atom is 0.250 e. The average molecular weight is 443 g/mol. The summed E-state index contributed by atoms with van der Waals surface area (Å²) in [6.07, 6.45) is 1.05. The molecule has 3 unspecified atom stereocenters. The third-order valence-corrected chi connectivity index (χ3v) is 5.69. The van der Waals surface area contributed by atoms with Crippen LogP contribution in [0.25, 0.3) is 0 Å². The van der Waals surface area contributed by atoms with Crippen LogP contribution in [0.1, 0.15) is 43.0 Å². The van der Waals surface area contributed by atoms with E-state index in [2.05, 4.69) is 10.6 Å². The summed E-state index contributed by atoms with van der Waals surface area (Å²) in [5, 5.41) is 5.40. The molecule has 2 aliphatic heterocycles. The quantitative estimate of drug-likeness (QED) is 0.743. The van der Waals surface area contributed by atoms with Crippen LogP contribution < -0.4 is 15.4 Å². The molecular weight excluding hydrogens is 420 g/mol. The highest BCUT2D eigenvalue weighted by molar-refractivity contribution is 5.93. The third-order valence-electron chi connectivity index (χ3n) is 5.69. The lowest BCUT2D eigenvalue weighted by atomic mass is 10.0. The van der Waals surface area contributed by atoms with Crippen molar-refractivity contribution in [1.82, 2.24) is 15.5 Å². The van der Waals surface area contributed by atoms with Gasteiger partial charge >= 0.3 is 0 Å². The van der Waals surface area contributed by atoms with Crippen LogP contribution in [-0.2, 0) is 14.4 Å². The molecule has 0 aromatic heterocycles. The monoisotopic (exact) mass is 443 g/mol. The number of amides is 3. The maximum absolute atomic E-state index is 14.3. The molecule has 3 amide bonds. The van der Waals surface area contributed by atoms with E-state index in [0.29, 0.717) is 24.9 Å². The second kappa shape index (κ2) is 8.94. The minimum absolute atomic E-state index is 0.0271. The fraction of sp³-hybridized carbons (Fsp3) is 0.348. The Kier molecular flexibility index (Phi) is 6.07. The van der Waals surface area contributed by atoms with E-state index in [1.54, 1.807) is 30.3 Å². The summed E-state index contributed by atoms with van der Waals surface area (Å²) in [6, 6.07) is 8.16. The van der Waals surface area contributed by atoms with Crippen molar-refractivity contribution in [2.45, 2.75) is 37.9 Å². The normalized spacial score (nSPS) is 20.3. The fourth-order valence-electron chi connectivity index (χ4n) is 4.26. The number of hydrogen-bond acceptors (Lipinski definition) is 4. The SMILES string of the molecule is CC(=O)NC(C(=O)N1CCCC1C(=O)NC1COc2cc(F)cc(F)c21)c1ccccc1. The number of nitrogens with one attached hydrogen (secondary N) is 2. The van der Waals surface area contributed by atoms with E-state index in [4.69, 9.17) is 4.74 Å². The van der Waals surface area contributed by atoms with Crippen LogP contribution >= 0.6 is 0 Å². The summed E-state index contributed by atoms with van der Waals surface area (Å²) < 4.78 is 33.0. The summed E-state index contributed by atoms with van der Waals surface area (Å²) >= 11 is 0. The molecule has 0 radical (unpaired) electrons. The lowest BCUT2D eigenvalue weighted by Gasteiger charge is -2.29. The minimum Gasteiger partial charge on any atom is -0.490 e. The zero-order valence-corrected chi connectivity index (χ0v) is 17.4. The van der Waals surface area contributed by atoms with Gasteiger partial charge in [-0.25, -0.2) is 8.78 Å². The van der Waals surface area contributed by atoms with Crippen molar-refractivity contribution >= 4 is 17.7 Å². The van der Waals surface area contributed by atoms with E-state index in [-0.39, 0.29) is 29.7 Å². The average Bonchev–Trinajstić information content (AvgIpc) is 3.39. The van der Waals surface area contributed by atoms with Gasteiger partial charge in [-0.2, -0.15) is 0 Å². The standard InChI is InChI=1S/C23H23F2N3O4/c1-13(29)26-21(14-6-3-2-4-7-14)23(31)28-9-5-8-18(28)22(30)27-17-12-32-19-11-15(24)10-16(25)20(17)19/h2-4,6-7,10-11,17-18,21H,5,8-9,12H2,1H3,(H,26,29)(H,27,30). The molecule has 2 aromatic rings. The van der Waals surface area contributed by atoms with Gasteiger partial charge in [0.25, 0.3) is 0 Å². The number of benzene rings is 2. The molecule has 2 N–H and O–H groups in total. The fourth-order valence-corrected chi connectivity index (χ4v) is 4.26. The Morgan fingerprint density at radius 2 is 1.91 bits per heavy atom. The molecule has 0 bridgehead atoms. The molecule has 7 nitrogen and oxygen atoms in total. The van der Waals surface area contributed by atoms with Gasteiger partial charge in [0.1, 0.15) is 36.1 Å². The molecule has 0 saturated carbocycles. The molecule has 2 aromatic carbocycles. The number of ether oxygens (including phenoxy) is 1. The topological polar surface area (TPSA) is 87.7 Å². The summed E-state index contributed by atoms with van der Waals surface area (Å²) in [6.45, 7) is 1.66. The van der Waals surface area contributed by atoms with Crippen molar-refractivity contribution in [3.63, 3.8) is 0 Å². The first-order valence-corrected chi connectivity index (χ1v) is 10.4. The first-order valence-electron chi connectivity index (χ1n) is 10.4. The molecule has 4 rings (SSSR count). The molecule has 9 heteroatoms. The van der Waals surface area contributed by atoms with Crippen molar-refractivity contribution in [3.8, 4) is 5.75 Å². The van der Waals surface area contributed by atoms with Gasteiger partial charge in [-0.15, -0.1) is 0 Å². The first-order chi connectivity index (χ1) is 15.3. The Morgan fingerprint density at radius 1 is 1.16 bits per heavy atom. The Hall–Kier alpha value is -3.49. The van der Waals surface area contributed by atoms with Crippen molar-refractivity contribution in [2.24, 2.45) is 0 Å². The molecule has 1 saturated heterocycles. The maximum atomic E-state index is 14.3. The summed E-state index contributed by atoms with van der Waals surface area (Å²) in [7, 11) is 0. The largest absolute Gasteiger partial charge is 0.490 e. The number of halogens is 2. The number of carbonyl (C=O) groups is 3. The molecule has 2 aliphatic rings. The van der Waals surface area contributed by atoms with E-state index >= 15 is 0 Å². The minimum atomic E-state index is -0.918. The third kappa shape index (κ3) is 4.28. The van der Waals surface area contributed by atoms with Crippen molar-refractivity contribution in [2.75, 3.05) is 13.2 Å². The van der Waals surface area contributed by atoms with Crippen molar-refractivity contribution in [3.05, 3.63) is 65.2 Å². The highest BCUT2D eigenvalue weighted by Gasteiger charge is 2.40. The van der Waals surface area contributed by atoms with Crippen LogP contribution in [0.3, 0.4) is 0 Å². The predicted molar refractivity (Wildman–Crippen MR) is 110 cm³/mol. The molecule has 168 valence electrons. The summed E-state index contributed by atoms with van der Waals surface area (Å²) in [5.41, 5.74) is 0.706. The van der Waals surface area contributed by atoms with Crippen LogP contribution in [0.5, 0.6) is 5.75 Å². The number of nitrogens with zero attached hydrogens (tertiary/aromatic N) is 1. The second-order valence-corrected chi connectivity index (χ2v) is 7.91. The van der Waals surface area contributed by atoms with Crippen LogP contribution in [0.2, 0.25) is 0 Å². The van der Waals surface area contributed by atoms with Gasteiger partial charge < -0.3 is 20.3 Å². The summed E-state index contributed by atoms with van der Waals surface area (Å²) in [4.78, 5) is 39.5. The Balaban J connectivity index is 1.52.